The summed E-state index contributed by atoms with van der Waals surface area (Å²) in [5.41, 5.74) is 0. The molecule has 6 heteroatoms. The summed E-state index contributed by atoms with van der Waals surface area (Å²) in [6.07, 6.45) is 0. The maximum absolute atomic E-state index is 9.07. The Morgan fingerprint density at radius 2 is 2.50 bits per heavy atom. The molecule has 0 bridgehead atoms. The summed E-state index contributed by atoms with van der Waals surface area (Å²) in [5, 5.41) is 8.06. The minimum absolute atomic E-state index is 1.01. The topological polar surface area (TPSA) is 64.4 Å². The average molecular weight is 110 g/mol. The predicted molar refractivity (Wildman–Crippen MR) is 20.2 cm³/mol. The van der Waals surface area contributed by atoms with Gasteiger partial charge in [0.2, 0.25) is 0 Å². The van der Waals surface area contributed by atoms with Crippen LogP contribution < -0.4 is 4.89 Å². The lowest BCUT2D eigenvalue weighted by atomic mass is 13.0. The highest BCUT2D eigenvalue weighted by molar-refractivity contribution is 7.77. The molecule has 0 amide bonds. The van der Waals surface area contributed by atoms with Gasteiger partial charge in [0.15, 0.2) is 0 Å². The van der Waals surface area contributed by atoms with E-state index in [0.717, 1.165) is 0 Å². The fourth-order valence-electron chi connectivity index (χ4n) is 0.0333. The van der Waals surface area contributed by atoms with E-state index in [0.29, 0.717) is 0 Å². The zero-order chi connectivity index (χ0) is 4.99. The summed E-state index contributed by atoms with van der Waals surface area (Å²) in [4.78, 5) is 14.0. The molecule has 0 saturated heterocycles. The van der Waals surface area contributed by atoms with Crippen LogP contribution in [-0.4, -0.2) is 5.09 Å². The van der Waals surface area contributed by atoms with E-state index >= 15 is 0 Å². The molecule has 0 aromatic carbocycles. The molecule has 5 nitrogen and oxygen atoms in total. The second-order valence-electron chi connectivity index (χ2n) is 0.406. The van der Waals surface area contributed by atoms with E-state index in [-0.39, 0.29) is 0 Å². The number of hydrogen-bond acceptors (Lipinski definition) is 5. The van der Waals surface area contributed by atoms with E-state index in [2.05, 4.69) is 17.8 Å². The van der Waals surface area contributed by atoms with Gasteiger partial charge in [-0.05, 0) is 0 Å². The fourth-order valence-corrected chi connectivity index (χ4v) is 0.100. The fraction of sp³-hybridized carbons (Fsp3) is 0. The number of nitrogens with zero attached hydrogens (tertiary/aromatic N) is 1. The van der Waals surface area contributed by atoms with Crippen molar-refractivity contribution >= 4 is 12.8 Å². The third kappa shape index (κ3) is 3.51. The minimum atomic E-state index is -1.01. The molecule has 36 valence electrons. The minimum Gasteiger partial charge on any atom is -0.209 e. The monoisotopic (exact) mass is 110 g/mol. The highest BCUT2D eigenvalue weighted by atomic mass is 32.1. The van der Waals surface area contributed by atoms with Gasteiger partial charge in [-0.3, -0.25) is 0 Å². The largest absolute Gasteiger partial charge is 0.312 e. The van der Waals surface area contributed by atoms with E-state index < -0.39 is 5.09 Å². The number of rotatable bonds is 2. The van der Waals surface area contributed by atoms with Crippen LogP contribution in [0.1, 0.15) is 0 Å². The maximum Gasteiger partial charge on any atom is 0.312 e. The first kappa shape index (κ1) is 5.51. The zero-order valence-electron chi connectivity index (χ0n) is 2.62. The van der Waals surface area contributed by atoms with Crippen LogP contribution in [0.25, 0.3) is 0 Å². The lowest BCUT2D eigenvalue weighted by molar-refractivity contribution is -0.768. The molecule has 0 radical (unpaired) electrons. The van der Waals surface area contributed by atoms with E-state index in [1.807, 2.05) is 0 Å². The summed E-state index contributed by atoms with van der Waals surface area (Å²) in [6, 6.07) is 0. The van der Waals surface area contributed by atoms with Crippen LogP contribution in [0.5, 0.6) is 0 Å². The van der Waals surface area contributed by atoms with E-state index in [9.17, 15) is 0 Å². The standard InChI is InChI=1S/H2N2O3S/c3-2(4)5-1-6/h1,6H. The molecular formula is H2N2O3S. The van der Waals surface area contributed by atoms with Crippen molar-refractivity contribution in [2.45, 2.75) is 0 Å². The Labute approximate surface area is 38.9 Å². The summed E-state index contributed by atoms with van der Waals surface area (Å²) >= 11 is 3.15. The second kappa shape index (κ2) is 2.73. The van der Waals surface area contributed by atoms with Crippen molar-refractivity contribution in [2.75, 3.05) is 0 Å². The highest BCUT2D eigenvalue weighted by Crippen LogP contribution is 1.64. The van der Waals surface area contributed by atoms with Gasteiger partial charge in [0.25, 0.3) is 0 Å². The molecular weight excluding hydrogens is 108 g/mol. The van der Waals surface area contributed by atoms with Crippen molar-refractivity contribution in [1.29, 1.82) is 0 Å². The Kier molecular flexibility index (Phi) is 2.51. The Morgan fingerprint density at radius 1 is 2.00 bits per heavy atom. The molecule has 0 spiro atoms. The molecule has 0 heterocycles. The summed E-state index contributed by atoms with van der Waals surface area (Å²) in [5.74, 6) is 0. The van der Waals surface area contributed by atoms with E-state index in [4.69, 9.17) is 10.1 Å². The number of thiol groups is 1. The molecule has 0 rings (SSSR count). The van der Waals surface area contributed by atoms with Gasteiger partial charge in [-0.2, -0.15) is 0 Å². The first-order valence-electron chi connectivity index (χ1n) is 0.975. The molecule has 0 aliphatic heterocycles. The van der Waals surface area contributed by atoms with Gasteiger partial charge in [0.1, 0.15) is 0 Å². The SMILES string of the molecule is O=[N+]([O-])ONS. The average Bonchev–Trinajstić information content (AvgIpc) is 1.35. The van der Waals surface area contributed by atoms with Crippen molar-refractivity contribution in [1.82, 2.24) is 4.89 Å². The Hall–Kier alpha value is -0.490. The molecule has 6 heavy (non-hydrogen) atoms. The molecule has 0 aromatic rings. The van der Waals surface area contributed by atoms with Crippen molar-refractivity contribution in [3.63, 3.8) is 0 Å². The van der Waals surface area contributed by atoms with Gasteiger partial charge in [0, 0.05) is 0 Å². The van der Waals surface area contributed by atoms with Gasteiger partial charge in [-0.1, -0.05) is 12.8 Å². The van der Waals surface area contributed by atoms with Gasteiger partial charge in [0.05, 0.1) is 0 Å². The third-order valence-corrected chi connectivity index (χ3v) is 0.197. The maximum atomic E-state index is 9.07. The normalized spacial score (nSPS) is 7.50. The molecule has 0 saturated carbocycles. The van der Waals surface area contributed by atoms with E-state index in [1.54, 1.807) is 4.89 Å². The Morgan fingerprint density at radius 3 is 2.50 bits per heavy atom. The van der Waals surface area contributed by atoms with Crippen LogP contribution in [-0.2, 0) is 4.94 Å². The quantitative estimate of drug-likeness (QED) is 0.287. The molecule has 0 aromatic heterocycles. The third-order valence-electron chi connectivity index (χ3n) is 0.115. The lowest BCUT2D eigenvalue weighted by Gasteiger charge is -1.84. The van der Waals surface area contributed by atoms with Crippen LogP contribution in [0, 0.1) is 10.1 Å². The Balaban J connectivity index is 2.83. The summed E-state index contributed by atoms with van der Waals surface area (Å²) in [6.45, 7) is 0. The molecule has 0 unspecified atom stereocenters. The van der Waals surface area contributed by atoms with Gasteiger partial charge >= 0.3 is 5.09 Å². The van der Waals surface area contributed by atoms with Crippen LogP contribution in [0.3, 0.4) is 0 Å². The molecule has 1 N–H and O–H groups in total. The van der Waals surface area contributed by atoms with Gasteiger partial charge in [-0.25, -0.2) is 4.94 Å². The van der Waals surface area contributed by atoms with E-state index in [1.165, 1.54) is 0 Å². The molecule has 0 aliphatic carbocycles. The van der Waals surface area contributed by atoms with Crippen LogP contribution in [0.15, 0.2) is 0 Å². The predicted octanol–water partition coefficient (Wildman–Crippen LogP) is -0.456. The van der Waals surface area contributed by atoms with Crippen molar-refractivity contribution in [2.24, 2.45) is 0 Å². The number of nitrogens with one attached hydrogen (secondary N) is 1. The van der Waals surface area contributed by atoms with Crippen LogP contribution >= 0.6 is 12.8 Å². The molecule has 0 aliphatic rings. The van der Waals surface area contributed by atoms with Gasteiger partial charge < -0.3 is 0 Å². The van der Waals surface area contributed by atoms with Crippen molar-refractivity contribution in [3.05, 3.63) is 10.1 Å². The lowest BCUT2D eigenvalue weighted by Crippen LogP contribution is -2.07. The second-order valence-corrected chi connectivity index (χ2v) is 0.589. The first-order chi connectivity index (χ1) is 2.77. The zero-order valence-corrected chi connectivity index (χ0v) is 3.51. The smallest absolute Gasteiger partial charge is 0.209 e. The van der Waals surface area contributed by atoms with Crippen LogP contribution in [0.2, 0.25) is 0 Å². The van der Waals surface area contributed by atoms with Crippen molar-refractivity contribution < 1.29 is 10.0 Å². The first-order valence-corrected chi connectivity index (χ1v) is 1.42. The van der Waals surface area contributed by atoms with Gasteiger partial charge in [-0.15, -0.1) is 15.0 Å². The number of hydrogen-bond donors (Lipinski definition) is 2. The van der Waals surface area contributed by atoms with Crippen molar-refractivity contribution in [3.8, 4) is 0 Å². The Bertz CT molecular complexity index is 52.8. The summed E-state index contributed by atoms with van der Waals surface area (Å²) < 4.78 is 0. The highest BCUT2D eigenvalue weighted by Gasteiger charge is 1.84. The molecule has 0 atom stereocenters. The summed E-state index contributed by atoms with van der Waals surface area (Å²) in [7, 11) is 0. The molecule has 0 fully saturated rings. The van der Waals surface area contributed by atoms with Crippen LogP contribution in [0.4, 0.5) is 0 Å².